The Hall–Kier alpha value is -2.56. The summed E-state index contributed by atoms with van der Waals surface area (Å²) in [5.74, 6) is 0.588. The number of nitrogens with zero attached hydrogens (tertiary/aromatic N) is 3. The molecule has 0 fully saturated rings. The highest BCUT2D eigenvalue weighted by molar-refractivity contribution is 5.86. The van der Waals surface area contributed by atoms with E-state index in [1.807, 2.05) is 31.3 Å². The molecule has 90 valence electrons. The molecule has 0 aromatic carbocycles. The predicted molar refractivity (Wildman–Crippen MR) is 68.6 cm³/mol. The molecule has 0 spiro atoms. The van der Waals surface area contributed by atoms with Crippen molar-refractivity contribution < 1.29 is 4.42 Å². The Bertz CT molecular complexity index is 656. The molecule has 0 atom stereocenters. The van der Waals surface area contributed by atoms with Crippen LogP contribution in [0.4, 0.5) is 5.82 Å². The van der Waals surface area contributed by atoms with E-state index in [4.69, 9.17) is 10.2 Å². The van der Waals surface area contributed by atoms with E-state index in [2.05, 4.69) is 10.1 Å². The van der Waals surface area contributed by atoms with Gasteiger partial charge in [0.05, 0.1) is 23.8 Å². The van der Waals surface area contributed by atoms with Crippen LogP contribution < -0.4 is 5.73 Å². The minimum atomic E-state index is 0.588. The molecule has 3 rings (SSSR count). The molecule has 0 saturated heterocycles. The van der Waals surface area contributed by atoms with Gasteiger partial charge in [-0.25, -0.2) is 0 Å². The monoisotopic (exact) mass is 240 g/mol. The van der Waals surface area contributed by atoms with Crippen molar-refractivity contribution in [1.82, 2.24) is 14.8 Å². The molecular formula is C13H12N4O. The van der Waals surface area contributed by atoms with Gasteiger partial charge in [0, 0.05) is 18.8 Å². The number of hydrogen-bond donors (Lipinski definition) is 1. The van der Waals surface area contributed by atoms with Crippen LogP contribution in [0.1, 0.15) is 0 Å². The van der Waals surface area contributed by atoms with E-state index in [0.29, 0.717) is 5.82 Å². The molecule has 0 saturated carbocycles. The second-order valence-corrected chi connectivity index (χ2v) is 3.96. The van der Waals surface area contributed by atoms with Crippen LogP contribution in [-0.2, 0) is 7.05 Å². The third kappa shape index (κ3) is 1.57. The minimum Gasteiger partial charge on any atom is -0.472 e. The van der Waals surface area contributed by atoms with Gasteiger partial charge in [0.25, 0.3) is 0 Å². The predicted octanol–water partition coefficient (Wildman–Crippen LogP) is 2.32. The van der Waals surface area contributed by atoms with Crippen molar-refractivity contribution in [2.75, 3.05) is 5.73 Å². The summed E-state index contributed by atoms with van der Waals surface area (Å²) in [6, 6.07) is 7.56. The second-order valence-electron chi connectivity index (χ2n) is 3.96. The maximum Gasteiger partial charge on any atom is 0.131 e. The number of furan rings is 1. The fourth-order valence-corrected chi connectivity index (χ4v) is 1.90. The molecule has 0 radical (unpaired) electrons. The average molecular weight is 240 g/mol. The Morgan fingerprint density at radius 1 is 1.28 bits per heavy atom. The fourth-order valence-electron chi connectivity index (χ4n) is 1.90. The highest BCUT2D eigenvalue weighted by Gasteiger charge is 2.18. The van der Waals surface area contributed by atoms with E-state index >= 15 is 0 Å². The summed E-state index contributed by atoms with van der Waals surface area (Å²) in [5, 5.41) is 4.42. The fraction of sp³-hybridized carbons (Fsp3) is 0.0769. The number of hydrogen-bond acceptors (Lipinski definition) is 4. The normalized spacial score (nSPS) is 10.7. The molecule has 5 heteroatoms. The van der Waals surface area contributed by atoms with Crippen molar-refractivity contribution in [3.8, 4) is 22.5 Å². The van der Waals surface area contributed by atoms with Crippen LogP contribution in [0.3, 0.4) is 0 Å². The number of nitrogens with two attached hydrogens (primary N) is 1. The first-order valence-corrected chi connectivity index (χ1v) is 5.54. The summed E-state index contributed by atoms with van der Waals surface area (Å²) in [5.41, 5.74) is 9.38. The molecule has 3 heterocycles. The standard InChI is InChI=1S/C13H12N4O/c1-17-13(14)11(10-4-2-3-6-15-10)12(16-17)9-5-7-18-8-9/h2-8H,14H2,1H3. The zero-order valence-corrected chi connectivity index (χ0v) is 9.87. The van der Waals surface area contributed by atoms with Gasteiger partial charge in [-0.1, -0.05) is 6.07 Å². The molecule has 0 amide bonds. The highest BCUT2D eigenvalue weighted by Crippen LogP contribution is 2.34. The quantitative estimate of drug-likeness (QED) is 0.746. The van der Waals surface area contributed by atoms with Crippen molar-refractivity contribution in [2.45, 2.75) is 0 Å². The summed E-state index contributed by atoms with van der Waals surface area (Å²) in [7, 11) is 1.81. The van der Waals surface area contributed by atoms with Gasteiger partial charge in [-0.3, -0.25) is 9.67 Å². The van der Waals surface area contributed by atoms with Crippen LogP contribution in [-0.4, -0.2) is 14.8 Å². The lowest BCUT2D eigenvalue weighted by molar-refractivity contribution is 0.568. The first-order valence-electron chi connectivity index (χ1n) is 5.54. The summed E-state index contributed by atoms with van der Waals surface area (Å²) >= 11 is 0. The number of aromatic nitrogens is 3. The molecule has 0 aliphatic carbocycles. The number of pyridine rings is 1. The van der Waals surface area contributed by atoms with Crippen LogP contribution >= 0.6 is 0 Å². The first-order chi connectivity index (χ1) is 8.77. The van der Waals surface area contributed by atoms with Crippen molar-refractivity contribution in [2.24, 2.45) is 7.05 Å². The van der Waals surface area contributed by atoms with Gasteiger partial charge < -0.3 is 10.2 Å². The Labute approximate surface area is 104 Å². The molecule has 18 heavy (non-hydrogen) atoms. The molecule has 2 N–H and O–H groups in total. The lowest BCUT2D eigenvalue weighted by atomic mass is 10.1. The topological polar surface area (TPSA) is 69.9 Å². The largest absolute Gasteiger partial charge is 0.472 e. The number of nitrogen functional groups attached to an aromatic ring is 1. The first kappa shape index (κ1) is 10.6. The van der Waals surface area contributed by atoms with Gasteiger partial charge in [0.1, 0.15) is 11.5 Å². The Balaban J connectivity index is 2.26. The van der Waals surface area contributed by atoms with Crippen LogP contribution in [0.5, 0.6) is 0 Å². The summed E-state index contributed by atoms with van der Waals surface area (Å²) < 4.78 is 6.74. The van der Waals surface area contributed by atoms with Crippen LogP contribution in [0, 0.1) is 0 Å². The van der Waals surface area contributed by atoms with Gasteiger partial charge >= 0.3 is 0 Å². The zero-order chi connectivity index (χ0) is 12.5. The molecule has 5 nitrogen and oxygen atoms in total. The van der Waals surface area contributed by atoms with Crippen LogP contribution in [0.15, 0.2) is 47.4 Å². The third-order valence-electron chi connectivity index (χ3n) is 2.81. The third-order valence-corrected chi connectivity index (χ3v) is 2.81. The lowest BCUT2D eigenvalue weighted by Crippen LogP contribution is -1.98. The molecule has 3 aromatic heterocycles. The number of anilines is 1. The maximum atomic E-state index is 6.07. The average Bonchev–Trinajstić information content (AvgIpc) is 3.00. The summed E-state index contributed by atoms with van der Waals surface area (Å²) in [6.45, 7) is 0. The van der Waals surface area contributed by atoms with Crippen LogP contribution in [0.25, 0.3) is 22.5 Å². The van der Waals surface area contributed by atoms with Gasteiger partial charge in [-0.15, -0.1) is 0 Å². The molecule has 3 aromatic rings. The van der Waals surface area contributed by atoms with E-state index < -0.39 is 0 Å². The van der Waals surface area contributed by atoms with E-state index in [1.165, 1.54) is 0 Å². The number of aryl methyl sites for hydroxylation is 1. The van der Waals surface area contributed by atoms with Crippen molar-refractivity contribution in [3.05, 3.63) is 43.0 Å². The van der Waals surface area contributed by atoms with Gasteiger partial charge in [0.15, 0.2) is 0 Å². The Morgan fingerprint density at radius 2 is 2.17 bits per heavy atom. The highest BCUT2D eigenvalue weighted by atomic mass is 16.3. The number of rotatable bonds is 2. The van der Waals surface area contributed by atoms with Gasteiger partial charge in [0.2, 0.25) is 0 Å². The van der Waals surface area contributed by atoms with E-state index in [1.54, 1.807) is 23.4 Å². The lowest BCUT2D eigenvalue weighted by Gasteiger charge is -2.01. The molecular weight excluding hydrogens is 228 g/mol. The summed E-state index contributed by atoms with van der Waals surface area (Å²) in [6.07, 6.45) is 5.00. The van der Waals surface area contributed by atoms with E-state index in [0.717, 1.165) is 22.5 Å². The van der Waals surface area contributed by atoms with Crippen molar-refractivity contribution in [1.29, 1.82) is 0 Å². The Morgan fingerprint density at radius 3 is 2.83 bits per heavy atom. The van der Waals surface area contributed by atoms with E-state index in [-0.39, 0.29) is 0 Å². The Kier molecular flexibility index (Phi) is 2.37. The maximum absolute atomic E-state index is 6.07. The van der Waals surface area contributed by atoms with Gasteiger partial charge in [-0.2, -0.15) is 5.10 Å². The van der Waals surface area contributed by atoms with Crippen molar-refractivity contribution in [3.63, 3.8) is 0 Å². The summed E-state index contributed by atoms with van der Waals surface area (Å²) in [4.78, 5) is 4.33. The molecule has 0 aliphatic heterocycles. The van der Waals surface area contributed by atoms with Crippen LogP contribution in [0.2, 0.25) is 0 Å². The van der Waals surface area contributed by atoms with Gasteiger partial charge in [-0.05, 0) is 18.2 Å². The SMILES string of the molecule is Cn1nc(-c2ccoc2)c(-c2ccccn2)c1N. The molecule has 0 bridgehead atoms. The zero-order valence-electron chi connectivity index (χ0n) is 9.87. The molecule has 0 unspecified atom stereocenters. The van der Waals surface area contributed by atoms with Crippen molar-refractivity contribution >= 4 is 5.82 Å². The van der Waals surface area contributed by atoms with E-state index in [9.17, 15) is 0 Å². The molecule has 0 aliphatic rings. The smallest absolute Gasteiger partial charge is 0.131 e. The second kappa shape index (κ2) is 4.03. The minimum absolute atomic E-state index is 0.588.